The van der Waals surface area contributed by atoms with E-state index in [0.717, 1.165) is 9.13 Å². The van der Waals surface area contributed by atoms with Crippen molar-refractivity contribution in [3.8, 4) is 5.75 Å². The maximum Gasteiger partial charge on any atom is 0.387 e. The van der Waals surface area contributed by atoms with E-state index < -0.39 is 6.61 Å². The molecule has 0 aromatic heterocycles. The molecule has 1 atom stereocenters. The molecule has 0 bridgehead atoms. The van der Waals surface area contributed by atoms with Crippen LogP contribution in [0.4, 0.5) is 8.78 Å². The van der Waals surface area contributed by atoms with Gasteiger partial charge in [-0.15, -0.1) is 6.58 Å². The Hall–Kier alpha value is -0.650. The minimum atomic E-state index is -2.80. The molecular weight excluding hydrogens is 313 g/mol. The first-order chi connectivity index (χ1) is 7.02. The van der Waals surface area contributed by atoms with Gasteiger partial charge in [-0.3, -0.25) is 0 Å². The lowest BCUT2D eigenvalue weighted by atomic mass is 10.0. The quantitative estimate of drug-likeness (QED) is 0.601. The highest BCUT2D eigenvalue weighted by Crippen LogP contribution is 2.25. The van der Waals surface area contributed by atoms with Gasteiger partial charge in [-0.1, -0.05) is 6.08 Å². The van der Waals surface area contributed by atoms with Crippen LogP contribution in [0.15, 0.2) is 30.9 Å². The van der Waals surface area contributed by atoms with Crippen molar-refractivity contribution in [1.82, 2.24) is 0 Å². The summed E-state index contributed by atoms with van der Waals surface area (Å²) < 4.78 is 29.2. The fourth-order valence-corrected chi connectivity index (χ4v) is 1.77. The van der Waals surface area contributed by atoms with Gasteiger partial charge in [-0.05, 0) is 53.3 Å². The number of benzene rings is 1. The van der Waals surface area contributed by atoms with E-state index in [-0.39, 0.29) is 11.7 Å². The van der Waals surface area contributed by atoms with E-state index in [1.165, 1.54) is 0 Å². The second-order valence-electron chi connectivity index (χ2n) is 2.94. The molecule has 0 aliphatic rings. The molecule has 0 N–H and O–H groups in total. The van der Waals surface area contributed by atoms with E-state index in [1.807, 2.05) is 28.7 Å². The molecule has 0 heterocycles. The Morgan fingerprint density at radius 1 is 1.33 bits per heavy atom. The first-order valence-corrected chi connectivity index (χ1v) is 5.31. The van der Waals surface area contributed by atoms with E-state index >= 15 is 0 Å². The summed E-state index contributed by atoms with van der Waals surface area (Å²) in [5.74, 6) is 0.0298. The van der Waals surface area contributed by atoms with E-state index in [0.29, 0.717) is 0 Å². The molecule has 1 rings (SSSR count). The molecule has 0 aliphatic heterocycles. The summed E-state index contributed by atoms with van der Waals surface area (Å²) in [7, 11) is 0. The lowest BCUT2D eigenvalue weighted by Crippen LogP contribution is -2.03. The molecule has 0 amide bonds. The number of allylic oxidation sites excluding steroid dienone is 1. The zero-order chi connectivity index (χ0) is 11.4. The van der Waals surface area contributed by atoms with Crippen molar-refractivity contribution in [3.63, 3.8) is 0 Å². The van der Waals surface area contributed by atoms with Crippen molar-refractivity contribution >= 4 is 22.6 Å². The summed E-state index contributed by atoms with van der Waals surface area (Å²) in [4.78, 5) is 0. The number of hydrogen-bond acceptors (Lipinski definition) is 1. The summed E-state index contributed by atoms with van der Waals surface area (Å²) in [5, 5.41) is 0. The number of halogens is 3. The van der Waals surface area contributed by atoms with Gasteiger partial charge >= 0.3 is 6.61 Å². The number of hydrogen-bond donors (Lipinski definition) is 0. The SMILES string of the molecule is [CH2]C(C=C)c1cc(I)cc(OC(F)F)c1. The van der Waals surface area contributed by atoms with Crippen molar-refractivity contribution in [1.29, 1.82) is 0 Å². The van der Waals surface area contributed by atoms with Crippen LogP contribution in [-0.4, -0.2) is 6.61 Å². The third-order valence-electron chi connectivity index (χ3n) is 1.83. The summed E-state index contributed by atoms with van der Waals surface area (Å²) in [6.07, 6.45) is 1.65. The van der Waals surface area contributed by atoms with Crippen LogP contribution in [0.25, 0.3) is 0 Å². The van der Waals surface area contributed by atoms with E-state index in [9.17, 15) is 8.78 Å². The minimum Gasteiger partial charge on any atom is -0.435 e. The first-order valence-electron chi connectivity index (χ1n) is 4.24. The highest BCUT2D eigenvalue weighted by molar-refractivity contribution is 14.1. The predicted octanol–water partition coefficient (Wildman–Crippen LogP) is 4.00. The maximum atomic E-state index is 12.0. The topological polar surface area (TPSA) is 9.23 Å². The predicted molar refractivity (Wildman–Crippen MR) is 64.1 cm³/mol. The molecule has 4 heteroatoms. The molecular formula is C11H10F2IO. The van der Waals surface area contributed by atoms with Crippen molar-refractivity contribution in [2.45, 2.75) is 12.5 Å². The monoisotopic (exact) mass is 323 g/mol. The summed E-state index contributed by atoms with van der Waals surface area (Å²) in [6.45, 7) is 4.62. The van der Waals surface area contributed by atoms with Crippen LogP contribution < -0.4 is 4.74 Å². The van der Waals surface area contributed by atoms with Gasteiger partial charge in [0.25, 0.3) is 0 Å². The Morgan fingerprint density at radius 3 is 2.53 bits per heavy atom. The highest BCUT2D eigenvalue weighted by atomic mass is 127. The van der Waals surface area contributed by atoms with Crippen LogP contribution in [0.3, 0.4) is 0 Å². The molecule has 0 saturated heterocycles. The second kappa shape index (κ2) is 5.44. The third kappa shape index (κ3) is 3.77. The van der Waals surface area contributed by atoms with E-state index in [2.05, 4.69) is 18.2 Å². The fourth-order valence-electron chi connectivity index (χ4n) is 1.11. The van der Waals surface area contributed by atoms with Crippen LogP contribution in [0.5, 0.6) is 5.75 Å². The van der Waals surface area contributed by atoms with Gasteiger partial charge in [0.2, 0.25) is 0 Å². The molecule has 1 radical (unpaired) electrons. The van der Waals surface area contributed by atoms with Crippen LogP contribution in [-0.2, 0) is 0 Å². The number of ether oxygens (including phenoxy) is 1. The van der Waals surface area contributed by atoms with Gasteiger partial charge < -0.3 is 4.74 Å². The summed E-state index contributed by atoms with van der Waals surface area (Å²) in [6, 6.07) is 4.96. The zero-order valence-electron chi connectivity index (χ0n) is 7.92. The van der Waals surface area contributed by atoms with Gasteiger partial charge in [0.05, 0.1) is 0 Å². The van der Waals surface area contributed by atoms with Crippen LogP contribution in [0.2, 0.25) is 0 Å². The van der Waals surface area contributed by atoms with Crippen molar-refractivity contribution < 1.29 is 13.5 Å². The Labute approximate surface area is 101 Å². The Morgan fingerprint density at radius 2 is 2.00 bits per heavy atom. The van der Waals surface area contributed by atoms with Gasteiger partial charge in [0.1, 0.15) is 5.75 Å². The Bertz CT molecular complexity index is 352. The highest BCUT2D eigenvalue weighted by Gasteiger charge is 2.08. The van der Waals surface area contributed by atoms with E-state index in [4.69, 9.17) is 0 Å². The summed E-state index contributed by atoms with van der Waals surface area (Å²) in [5.41, 5.74) is 0.813. The molecule has 0 saturated carbocycles. The molecule has 1 aromatic carbocycles. The maximum absolute atomic E-state index is 12.0. The normalized spacial score (nSPS) is 12.6. The standard InChI is InChI=1S/C11H10F2IO/c1-3-7(2)8-4-9(14)6-10(5-8)15-11(12)13/h3-7,11H,1-2H2. The van der Waals surface area contributed by atoms with Gasteiger partial charge in [0.15, 0.2) is 0 Å². The lowest BCUT2D eigenvalue weighted by molar-refractivity contribution is -0.0499. The van der Waals surface area contributed by atoms with Crippen molar-refractivity contribution in [2.75, 3.05) is 0 Å². The van der Waals surface area contributed by atoms with Crippen LogP contribution in [0.1, 0.15) is 11.5 Å². The largest absolute Gasteiger partial charge is 0.435 e. The Kier molecular flexibility index (Phi) is 4.50. The molecule has 0 aliphatic carbocycles. The molecule has 81 valence electrons. The number of alkyl halides is 2. The van der Waals surface area contributed by atoms with Gasteiger partial charge in [-0.2, -0.15) is 8.78 Å². The van der Waals surface area contributed by atoms with E-state index in [1.54, 1.807) is 18.2 Å². The third-order valence-corrected chi connectivity index (χ3v) is 2.45. The van der Waals surface area contributed by atoms with Crippen molar-refractivity contribution in [2.24, 2.45) is 0 Å². The first kappa shape index (κ1) is 12.4. The molecule has 0 spiro atoms. The van der Waals surface area contributed by atoms with Gasteiger partial charge in [-0.25, -0.2) is 0 Å². The smallest absolute Gasteiger partial charge is 0.387 e. The average molecular weight is 323 g/mol. The van der Waals surface area contributed by atoms with Gasteiger partial charge in [0, 0.05) is 9.49 Å². The average Bonchev–Trinajstić information content (AvgIpc) is 2.14. The lowest BCUT2D eigenvalue weighted by Gasteiger charge is -2.10. The molecule has 1 unspecified atom stereocenters. The molecule has 1 aromatic rings. The van der Waals surface area contributed by atoms with Crippen molar-refractivity contribution in [3.05, 3.63) is 46.9 Å². The number of rotatable bonds is 4. The minimum absolute atomic E-state index is 0.125. The van der Waals surface area contributed by atoms with Crippen LogP contribution in [0, 0.1) is 10.5 Å². The molecule has 0 fully saturated rings. The fraction of sp³-hybridized carbons (Fsp3) is 0.182. The molecule has 1 nitrogen and oxygen atoms in total. The Balaban J connectivity index is 2.99. The second-order valence-corrected chi connectivity index (χ2v) is 4.19. The molecule has 15 heavy (non-hydrogen) atoms. The van der Waals surface area contributed by atoms with Crippen LogP contribution >= 0.6 is 22.6 Å². The zero-order valence-corrected chi connectivity index (χ0v) is 10.1. The summed E-state index contributed by atoms with van der Waals surface area (Å²) >= 11 is 2.04.